The normalized spacial score (nSPS) is 13.8. The van der Waals surface area contributed by atoms with Gasteiger partial charge in [0.15, 0.2) is 0 Å². The van der Waals surface area contributed by atoms with Crippen LogP contribution in [0.15, 0.2) is 180 Å². The summed E-state index contributed by atoms with van der Waals surface area (Å²) in [5, 5.41) is 0.827. The van der Waals surface area contributed by atoms with E-state index in [-0.39, 0.29) is 41.0 Å². The number of hydrogen-bond donors (Lipinski definition) is 0. The van der Waals surface area contributed by atoms with Crippen LogP contribution in [0.4, 0.5) is 0 Å². The first-order valence-corrected chi connectivity index (χ1v) is 22.0. The molecule has 0 aliphatic heterocycles. The molecule has 60 heavy (non-hydrogen) atoms. The number of halogens is 2. The monoisotopic (exact) mass is 874 g/mol. The largest absolute Gasteiger partial charge is 0.497 e. The first kappa shape index (κ1) is 44.5. The van der Waals surface area contributed by atoms with E-state index in [0.717, 1.165) is 43.5 Å². The zero-order chi connectivity index (χ0) is 42.3. The highest BCUT2D eigenvalue weighted by Crippen LogP contribution is 2.43. The SMILES string of the molecule is COC(=CC(Sc1ccccc1)C(CC(=O)CC(c1ccc(Cl)cc1)C(C=C(OC)c1ccc(OC)cc1)Sc1ccccc1)c1ccc(Cl)cc1)c1ccc(OC)cc1. The molecule has 0 spiro atoms. The van der Waals surface area contributed by atoms with E-state index < -0.39 is 0 Å². The van der Waals surface area contributed by atoms with Crippen molar-refractivity contribution >= 4 is 64.0 Å². The molecular formula is C51H48Cl2O5S2. The fourth-order valence-corrected chi connectivity index (χ4v) is 9.72. The molecule has 0 aliphatic carbocycles. The number of thioether (sulfide) groups is 2. The molecular weight excluding hydrogens is 828 g/mol. The topological polar surface area (TPSA) is 54.0 Å². The molecule has 0 amide bonds. The van der Waals surface area contributed by atoms with Crippen molar-refractivity contribution in [3.63, 3.8) is 0 Å². The van der Waals surface area contributed by atoms with E-state index in [1.165, 1.54) is 0 Å². The lowest BCUT2D eigenvalue weighted by Crippen LogP contribution is -2.22. The number of benzene rings is 6. The molecule has 308 valence electrons. The number of ketones is 1. The minimum atomic E-state index is -0.251. The Morgan fingerprint density at radius 3 is 1.17 bits per heavy atom. The molecule has 0 saturated heterocycles. The van der Waals surface area contributed by atoms with E-state index in [0.29, 0.717) is 21.6 Å². The van der Waals surface area contributed by atoms with Gasteiger partial charge in [0.1, 0.15) is 28.8 Å². The number of methoxy groups -OCH3 is 4. The minimum absolute atomic E-state index is 0.112. The van der Waals surface area contributed by atoms with Crippen LogP contribution in [0.25, 0.3) is 11.5 Å². The zero-order valence-corrected chi connectivity index (χ0v) is 37.1. The third-order valence-corrected chi connectivity index (χ3v) is 13.2. The third kappa shape index (κ3) is 12.5. The maximum Gasteiger partial charge on any atom is 0.134 e. The van der Waals surface area contributed by atoms with E-state index in [1.807, 2.05) is 133 Å². The van der Waals surface area contributed by atoms with Crippen molar-refractivity contribution in [3.8, 4) is 11.5 Å². The molecule has 6 aromatic rings. The van der Waals surface area contributed by atoms with Gasteiger partial charge in [0.05, 0.1) is 28.4 Å². The maximum atomic E-state index is 15.0. The molecule has 6 rings (SSSR count). The fraction of sp³-hybridized carbons (Fsp3) is 0.196. The summed E-state index contributed by atoms with van der Waals surface area (Å²) in [7, 11) is 6.65. The lowest BCUT2D eigenvalue weighted by atomic mass is 9.84. The van der Waals surface area contributed by atoms with Crippen LogP contribution in [0.5, 0.6) is 11.5 Å². The van der Waals surface area contributed by atoms with Gasteiger partial charge in [-0.2, -0.15) is 0 Å². The molecule has 4 atom stereocenters. The average molecular weight is 876 g/mol. The Hall–Kier alpha value is -5.05. The Morgan fingerprint density at radius 2 is 0.850 bits per heavy atom. The number of hydrogen-bond acceptors (Lipinski definition) is 7. The van der Waals surface area contributed by atoms with E-state index in [2.05, 4.69) is 36.4 Å². The van der Waals surface area contributed by atoms with Gasteiger partial charge in [0.25, 0.3) is 0 Å². The summed E-state index contributed by atoms with van der Waals surface area (Å²) in [5.74, 6) is 2.52. The number of carbonyl (C=O) groups is 1. The van der Waals surface area contributed by atoms with Gasteiger partial charge in [-0.05, 0) is 120 Å². The van der Waals surface area contributed by atoms with Gasteiger partial charge < -0.3 is 18.9 Å². The highest BCUT2D eigenvalue weighted by Gasteiger charge is 2.31. The molecule has 0 radical (unpaired) electrons. The number of ether oxygens (including phenoxy) is 4. The van der Waals surface area contributed by atoms with Crippen molar-refractivity contribution in [2.45, 2.75) is 45.0 Å². The van der Waals surface area contributed by atoms with E-state index in [1.54, 1.807) is 52.0 Å². The molecule has 0 aromatic heterocycles. The van der Waals surface area contributed by atoms with Crippen LogP contribution in [0, 0.1) is 0 Å². The predicted molar refractivity (Wildman–Crippen MR) is 251 cm³/mol. The van der Waals surface area contributed by atoms with Crippen molar-refractivity contribution in [1.29, 1.82) is 0 Å². The van der Waals surface area contributed by atoms with Crippen LogP contribution in [0.3, 0.4) is 0 Å². The molecule has 0 N–H and O–H groups in total. The summed E-state index contributed by atoms with van der Waals surface area (Å²) in [6.07, 6.45) is 4.79. The number of Topliss-reactive ketones (excluding diaryl/α,β-unsaturated/α-hetero) is 1. The van der Waals surface area contributed by atoms with Crippen LogP contribution in [0.1, 0.15) is 46.9 Å². The van der Waals surface area contributed by atoms with Crippen LogP contribution in [0.2, 0.25) is 10.0 Å². The molecule has 0 saturated carbocycles. The molecule has 0 heterocycles. The number of carbonyl (C=O) groups excluding carboxylic acids is 1. The number of rotatable bonds is 20. The summed E-state index contributed by atoms with van der Waals surface area (Å²) in [6, 6.07) is 51.8. The van der Waals surface area contributed by atoms with Crippen molar-refractivity contribution in [2.75, 3.05) is 28.4 Å². The molecule has 5 nitrogen and oxygen atoms in total. The lowest BCUT2D eigenvalue weighted by molar-refractivity contribution is -0.119. The fourth-order valence-electron chi connectivity index (χ4n) is 6.99. The van der Waals surface area contributed by atoms with E-state index in [9.17, 15) is 0 Å². The van der Waals surface area contributed by atoms with Crippen molar-refractivity contribution in [2.24, 2.45) is 0 Å². The Kier molecular flexibility index (Phi) is 16.7. The minimum Gasteiger partial charge on any atom is -0.497 e. The predicted octanol–water partition coefficient (Wildman–Crippen LogP) is 13.9. The average Bonchev–Trinajstić information content (AvgIpc) is 3.29. The van der Waals surface area contributed by atoms with Crippen molar-refractivity contribution in [1.82, 2.24) is 0 Å². The molecule has 0 aliphatic rings. The molecule has 4 unspecified atom stereocenters. The smallest absolute Gasteiger partial charge is 0.134 e. The van der Waals surface area contributed by atoms with E-state index in [4.69, 9.17) is 42.1 Å². The summed E-state index contributed by atoms with van der Waals surface area (Å²) >= 11 is 16.3. The Morgan fingerprint density at radius 1 is 0.500 bits per heavy atom. The van der Waals surface area contributed by atoms with Gasteiger partial charge >= 0.3 is 0 Å². The first-order chi connectivity index (χ1) is 29.3. The maximum absolute atomic E-state index is 15.0. The Bertz CT molecular complexity index is 2140. The second-order valence-corrected chi connectivity index (χ2v) is 17.4. The highest BCUT2D eigenvalue weighted by molar-refractivity contribution is 8.00. The van der Waals surface area contributed by atoms with Crippen molar-refractivity contribution in [3.05, 3.63) is 202 Å². The molecule has 0 bridgehead atoms. The highest BCUT2D eigenvalue weighted by atomic mass is 35.5. The Labute approximate surface area is 372 Å². The molecule has 0 fully saturated rings. The van der Waals surface area contributed by atoms with E-state index >= 15 is 4.79 Å². The van der Waals surface area contributed by atoms with Gasteiger partial charge in [-0.3, -0.25) is 4.79 Å². The van der Waals surface area contributed by atoms with Crippen LogP contribution < -0.4 is 9.47 Å². The lowest BCUT2D eigenvalue weighted by Gasteiger charge is -2.29. The standard InChI is InChI=1S/C51H48Cl2O5S2/c1-55-42-27-19-37(20-28-42)48(57-3)33-50(59-44-11-7-5-8-12-44)46(35-15-23-39(52)24-16-35)31-41(54)32-47(36-17-25-40(53)26-18-36)51(60-45-13-9-6-10-14-45)34-49(58-4)38-21-29-43(56-2)30-22-38/h5-30,33-34,46-47,50-51H,31-32H2,1-4H3. The van der Waals surface area contributed by atoms with Gasteiger partial charge in [0, 0.05) is 66.1 Å². The van der Waals surface area contributed by atoms with Gasteiger partial charge in [0.2, 0.25) is 0 Å². The second-order valence-electron chi connectivity index (χ2n) is 14.0. The third-order valence-electron chi connectivity index (χ3n) is 10.1. The van der Waals surface area contributed by atoms with Gasteiger partial charge in [-0.15, -0.1) is 23.5 Å². The molecule has 9 heteroatoms. The first-order valence-electron chi connectivity index (χ1n) is 19.5. The molecule has 6 aromatic carbocycles. The van der Waals surface area contributed by atoms with Crippen LogP contribution in [-0.4, -0.2) is 44.7 Å². The summed E-state index contributed by atoms with van der Waals surface area (Å²) in [4.78, 5) is 17.2. The Balaban J connectivity index is 1.43. The summed E-state index contributed by atoms with van der Waals surface area (Å²) < 4.78 is 23.0. The van der Waals surface area contributed by atoms with Crippen LogP contribution in [-0.2, 0) is 14.3 Å². The second kappa shape index (κ2) is 22.5. The van der Waals surface area contributed by atoms with Crippen LogP contribution >= 0.6 is 46.7 Å². The van der Waals surface area contributed by atoms with Crippen molar-refractivity contribution < 1.29 is 23.7 Å². The van der Waals surface area contributed by atoms with Gasteiger partial charge in [-0.25, -0.2) is 0 Å². The summed E-state index contributed by atoms with van der Waals surface area (Å²) in [6.45, 7) is 0. The zero-order valence-electron chi connectivity index (χ0n) is 34.0. The summed E-state index contributed by atoms with van der Waals surface area (Å²) in [5.41, 5.74) is 3.81. The van der Waals surface area contributed by atoms with Gasteiger partial charge in [-0.1, -0.05) is 83.9 Å². The quantitative estimate of drug-likeness (QED) is 0.0559.